The summed E-state index contributed by atoms with van der Waals surface area (Å²) in [5.41, 5.74) is 10.3. The molecule has 0 saturated carbocycles. The molecular weight excluding hydrogens is 236 g/mol. The second-order valence-electron chi connectivity index (χ2n) is 4.58. The lowest BCUT2D eigenvalue weighted by Crippen LogP contribution is -2.10. The van der Waals surface area contributed by atoms with Crippen LogP contribution in [0.5, 0.6) is 5.75 Å². The summed E-state index contributed by atoms with van der Waals surface area (Å²) in [7, 11) is 3.73. The molecule has 3 heteroatoms. The van der Waals surface area contributed by atoms with Crippen molar-refractivity contribution < 1.29 is 4.74 Å². The third-order valence-electron chi connectivity index (χ3n) is 3.37. The minimum atomic E-state index is 0.578. The van der Waals surface area contributed by atoms with Gasteiger partial charge in [-0.25, -0.2) is 0 Å². The summed E-state index contributed by atoms with van der Waals surface area (Å²) in [6.45, 7) is 2.67. The first kappa shape index (κ1) is 13.4. The highest BCUT2D eigenvalue weighted by Crippen LogP contribution is 2.28. The summed E-state index contributed by atoms with van der Waals surface area (Å²) >= 11 is 0. The van der Waals surface area contributed by atoms with Crippen molar-refractivity contribution in [2.45, 2.75) is 13.5 Å². The lowest BCUT2D eigenvalue weighted by molar-refractivity contribution is 0.415. The van der Waals surface area contributed by atoms with Gasteiger partial charge < -0.3 is 15.4 Å². The molecule has 0 bridgehead atoms. The number of anilines is 2. The maximum atomic E-state index is 5.70. The summed E-state index contributed by atoms with van der Waals surface area (Å²) in [6, 6.07) is 14.4. The minimum absolute atomic E-state index is 0.578. The highest BCUT2D eigenvalue weighted by Gasteiger charge is 2.06. The monoisotopic (exact) mass is 256 g/mol. The fourth-order valence-electron chi connectivity index (χ4n) is 2.09. The summed E-state index contributed by atoms with van der Waals surface area (Å²) in [4.78, 5) is 2.13. The molecule has 0 atom stereocenters. The summed E-state index contributed by atoms with van der Waals surface area (Å²) in [6.07, 6.45) is 0. The van der Waals surface area contributed by atoms with Crippen LogP contribution in [0.1, 0.15) is 11.1 Å². The van der Waals surface area contributed by atoms with E-state index in [1.54, 1.807) is 7.11 Å². The van der Waals surface area contributed by atoms with E-state index in [9.17, 15) is 0 Å². The van der Waals surface area contributed by atoms with Gasteiger partial charge in [0.25, 0.3) is 0 Å². The zero-order valence-corrected chi connectivity index (χ0v) is 11.7. The van der Waals surface area contributed by atoms with Gasteiger partial charge in [-0.2, -0.15) is 0 Å². The molecule has 19 heavy (non-hydrogen) atoms. The number of methoxy groups -OCH3 is 1. The van der Waals surface area contributed by atoms with Crippen LogP contribution in [0.25, 0.3) is 0 Å². The third kappa shape index (κ3) is 2.88. The van der Waals surface area contributed by atoms with E-state index >= 15 is 0 Å². The number of nitrogens with two attached hydrogens (primary N) is 1. The molecular formula is C16H20N2O. The van der Waals surface area contributed by atoms with Crippen LogP contribution in [0.2, 0.25) is 0 Å². The molecule has 0 unspecified atom stereocenters. The molecule has 2 rings (SSSR count). The topological polar surface area (TPSA) is 38.5 Å². The van der Waals surface area contributed by atoms with Gasteiger partial charge in [0.05, 0.1) is 7.11 Å². The smallest absolute Gasteiger partial charge is 0.120 e. The number of benzene rings is 2. The molecule has 0 heterocycles. The van der Waals surface area contributed by atoms with E-state index in [1.807, 2.05) is 25.2 Å². The average Bonchev–Trinajstić information content (AvgIpc) is 2.46. The van der Waals surface area contributed by atoms with Crippen molar-refractivity contribution in [3.8, 4) is 5.75 Å². The summed E-state index contributed by atoms with van der Waals surface area (Å²) < 4.78 is 5.26. The van der Waals surface area contributed by atoms with Crippen LogP contribution < -0.4 is 15.4 Å². The molecule has 0 aliphatic carbocycles. The highest BCUT2D eigenvalue weighted by molar-refractivity contribution is 5.64. The van der Waals surface area contributed by atoms with Crippen LogP contribution in [0.3, 0.4) is 0 Å². The summed E-state index contributed by atoms with van der Waals surface area (Å²) in [5.74, 6) is 0.861. The van der Waals surface area contributed by atoms with E-state index in [4.69, 9.17) is 10.5 Å². The van der Waals surface area contributed by atoms with Crippen molar-refractivity contribution in [2.24, 2.45) is 5.73 Å². The first-order valence-corrected chi connectivity index (χ1v) is 6.33. The van der Waals surface area contributed by atoms with Gasteiger partial charge in [0.1, 0.15) is 5.75 Å². The number of rotatable bonds is 4. The molecule has 100 valence electrons. The predicted octanol–water partition coefficient (Wildman–Crippen LogP) is 3.23. The Kier molecular flexibility index (Phi) is 4.07. The van der Waals surface area contributed by atoms with Crippen molar-refractivity contribution in [2.75, 3.05) is 19.1 Å². The Bertz CT molecular complexity index is 566. The Balaban J connectivity index is 2.32. The number of aryl methyl sites for hydroxylation is 1. The predicted molar refractivity (Wildman–Crippen MR) is 80.1 cm³/mol. The molecule has 0 spiro atoms. The van der Waals surface area contributed by atoms with Gasteiger partial charge in [-0.15, -0.1) is 0 Å². The zero-order valence-electron chi connectivity index (χ0n) is 11.7. The molecule has 0 aliphatic heterocycles. The number of nitrogens with zero attached hydrogens (tertiary/aromatic N) is 1. The van der Waals surface area contributed by atoms with Crippen LogP contribution in [-0.2, 0) is 6.54 Å². The van der Waals surface area contributed by atoms with Crippen LogP contribution in [0.15, 0.2) is 42.5 Å². The molecule has 0 aliphatic rings. The number of hydrogen-bond donors (Lipinski definition) is 1. The zero-order chi connectivity index (χ0) is 13.8. The Morgan fingerprint density at radius 3 is 2.47 bits per heavy atom. The molecule has 0 radical (unpaired) electrons. The van der Waals surface area contributed by atoms with Crippen molar-refractivity contribution in [1.82, 2.24) is 0 Å². The molecule has 2 aromatic rings. The van der Waals surface area contributed by atoms with E-state index in [0.29, 0.717) is 6.54 Å². The van der Waals surface area contributed by atoms with Crippen LogP contribution in [0, 0.1) is 6.92 Å². The molecule has 0 amide bonds. The van der Waals surface area contributed by atoms with E-state index in [0.717, 1.165) is 17.1 Å². The standard InChI is InChI=1S/C16H20N2O/c1-12-9-15(8-7-13(12)11-17)18(2)14-5-4-6-16(10-14)19-3/h4-10H,11,17H2,1-3H3. The molecule has 0 saturated heterocycles. The fourth-order valence-corrected chi connectivity index (χ4v) is 2.09. The maximum absolute atomic E-state index is 5.70. The van der Waals surface area contributed by atoms with Gasteiger partial charge in [0.2, 0.25) is 0 Å². The van der Waals surface area contributed by atoms with Crippen LogP contribution in [-0.4, -0.2) is 14.2 Å². The van der Waals surface area contributed by atoms with Gasteiger partial charge >= 0.3 is 0 Å². The molecule has 2 N–H and O–H groups in total. The second-order valence-corrected chi connectivity index (χ2v) is 4.58. The minimum Gasteiger partial charge on any atom is -0.497 e. The van der Waals surface area contributed by atoms with Gasteiger partial charge in [-0.3, -0.25) is 0 Å². The molecule has 2 aromatic carbocycles. The third-order valence-corrected chi connectivity index (χ3v) is 3.37. The largest absolute Gasteiger partial charge is 0.497 e. The van der Waals surface area contributed by atoms with Crippen molar-refractivity contribution in [1.29, 1.82) is 0 Å². The fraction of sp³-hybridized carbons (Fsp3) is 0.250. The SMILES string of the molecule is COc1cccc(N(C)c2ccc(CN)c(C)c2)c1. The molecule has 0 fully saturated rings. The normalized spacial score (nSPS) is 10.3. The Morgan fingerprint density at radius 2 is 1.84 bits per heavy atom. The lowest BCUT2D eigenvalue weighted by atomic mass is 10.1. The Labute approximate surface area is 114 Å². The van der Waals surface area contributed by atoms with Gasteiger partial charge in [-0.1, -0.05) is 12.1 Å². The number of ether oxygens (including phenoxy) is 1. The van der Waals surface area contributed by atoms with Gasteiger partial charge in [0.15, 0.2) is 0 Å². The average molecular weight is 256 g/mol. The van der Waals surface area contributed by atoms with E-state index in [-0.39, 0.29) is 0 Å². The van der Waals surface area contributed by atoms with Gasteiger partial charge in [0, 0.05) is 31.0 Å². The Hall–Kier alpha value is -2.00. The van der Waals surface area contributed by atoms with Crippen LogP contribution >= 0.6 is 0 Å². The second kappa shape index (κ2) is 5.76. The first-order chi connectivity index (χ1) is 9.15. The van der Waals surface area contributed by atoms with Crippen LogP contribution in [0.4, 0.5) is 11.4 Å². The number of hydrogen-bond acceptors (Lipinski definition) is 3. The molecule has 3 nitrogen and oxygen atoms in total. The van der Waals surface area contributed by atoms with E-state index in [1.165, 1.54) is 11.1 Å². The summed E-state index contributed by atoms with van der Waals surface area (Å²) in [5, 5.41) is 0. The van der Waals surface area contributed by atoms with E-state index in [2.05, 4.69) is 36.1 Å². The highest BCUT2D eigenvalue weighted by atomic mass is 16.5. The molecule has 0 aromatic heterocycles. The van der Waals surface area contributed by atoms with Crippen molar-refractivity contribution >= 4 is 11.4 Å². The van der Waals surface area contributed by atoms with Gasteiger partial charge in [-0.05, 0) is 42.3 Å². The van der Waals surface area contributed by atoms with Crippen molar-refractivity contribution in [3.05, 3.63) is 53.6 Å². The first-order valence-electron chi connectivity index (χ1n) is 6.33. The van der Waals surface area contributed by atoms with E-state index < -0.39 is 0 Å². The quantitative estimate of drug-likeness (QED) is 0.912. The Morgan fingerprint density at radius 1 is 1.11 bits per heavy atom. The maximum Gasteiger partial charge on any atom is 0.120 e. The lowest BCUT2D eigenvalue weighted by Gasteiger charge is -2.21. The van der Waals surface area contributed by atoms with Crippen molar-refractivity contribution in [3.63, 3.8) is 0 Å².